The summed E-state index contributed by atoms with van der Waals surface area (Å²) >= 11 is 0. The van der Waals surface area contributed by atoms with Crippen LogP contribution in [0, 0.1) is 11.3 Å². The van der Waals surface area contributed by atoms with Crippen LogP contribution in [0.15, 0.2) is 39.6 Å². The van der Waals surface area contributed by atoms with E-state index in [0.29, 0.717) is 47.8 Å². The van der Waals surface area contributed by atoms with Gasteiger partial charge in [0.2, 0.25) is 0 Å². The number of hydrogen-bond acceptors (Lipinski definition) is 7. The van der Waals surface area contributed by atoms with Gasteiger partial charge in [0.05, 0.1) is 23.3 Å². The first-order valence-corrected chi connectivity index (χ1v) is 12.9. The van der Waals surface area contributed by atoms with E-state index in [1.54, 1.807) is 19.2 Å². The highest BCUT2D eigenvalue weighted by Crippen LogP contribution is 2.31. The van der Waals surface area contributed by atoms with E-state index in [4.69, 9.17) is 0 Å². The van der Waals surface area contributed by atoms with Crippen molar-refractivity contribution < 1.29 is 4.79 Å². The molecule has 11 heteroatoms. The molecule has 0 radical (unpaired) electrons. The first-order valence-electron chi connectivity index (χ1n) is 12.9. The van der Waals surface area contributed by atoms with Crippen LogP contribution in [0.3, 0.4) is 0 Å². The van der Waals surface area contributed by atoms with Gasteiger partial charge in [-0.1, -0.05) is 11.6 Å². The Morgan fingerprint density at radius 3 is 2.71 bits per heavy atom. The molecule has 3 aromatic heterocycles. The zero-order chi connectivity index (χ0) is 27.4. The molecule has 0 aromatic carbocycles. The largest absolute Gasteiger partial charge is 0.356 e. The predicted octanol–water partition coefficient (Wildman–Crippen LogP) is 1.33. The number of nitrogens with zero attached hydrogens (tertiary/aromatic N) is 6. The molecule has 1 saturated heterocycles. The molecule has 0 unspecified atom stereocenters. The molecular weight excluding hydrogens is 484 g/mol. The van der Waals surface area contributed by atoms with Gasteiger partial charge in [-0.25, -0.2) is 4.79 Å². The first-order chi connectivity index (χ1) is 18.3. The second kappa shape index (κ2) is 11.5. The number of nitrogens with one attached hydrogen (secondary N) is 2. The molecule has 11 nitrogen and oxygen atoms in total. The summed E-state index contributed by atoms with van der Waals surface area (Å²) in [6, 6.07) is 5.56. The zero-order valence-corrected chi connectivity index (χ0v) is 22.4. The first kappa shape index (κ1) is 26.9. The van der Waals surface area contributed by atoms with Gasteiger partial charge in [0.25, 0.3) is 11.5 Å². The van der Waals surface area contributed by atoms with Crippen LogP contribution in [0.25, 0.3) is 11.0 Å². The molecule has 0 atom stereocenters. The van der Waals surface area contributed by atoms with Crippen LogP contribution in [-0.4, -0.2) is 57.3 Å². The van der Waals surface area contributed by atoms with Crippen molar-refractivity contribution in [3.05, 3.63) is 67.6 Å². The Balaban J connectivity index is 2.00. The Morgan fingerprint density at radius 1 is 1.21 bits per heavy atom. The van der Waals surface area contributed by atoms with E-state index in [1.165, 1.54) is 10.8 Å². The van der Waals surface area contributed by atoms with Gasteiger partial charge in [-0.2, -0.15) is 5.26 Å². The lowest BCUT2D eigenvalue weighted by Gasteiger charge is -2.24. The molecule has 1 aliphatic heterocycles. The van der Waals surface area contributed by atoms with E-state index in [1.807, 2.05) is 31.4 Å². The van der Waals surface area contributed by atoms with E-state index >= 15 is 0 Å². The topological polar surface area (TPSA) is 130 Å². The summed E-state index contributed by atoms with van der Waals surface area (Å²) in [7, 11) is 1.57. The Bertz CT molecular complexity index is 1540. The lowest BCUT2D eigenvalue weighted by molar-refractivity contribution is 0.0954. The second-order valence-corrected chi connectivity index (χ2v) is 9.58. The van der Waals surface area contributed by atoms with E-state index in [0.717, 1.165) is 36.2 Å². The van der Waals surface area contributed by atoms with Gasteiger partial charge in [-0.05, 0) is 45.9 Å². The van der Waals surface area contributed by atoms with Gasteiger partial charge >= 0.3 is 5.69 Å². The van der Waals surface area contributed by atoms with Gasteiger partial charge in [0.1, 0.15) is 23.0 Å². The zero-order valence-electron chi connectivity index (χ0n) is 22.4. The SMILES string of the molecule is CCNC(=O)c1cccnc1Cn1c(=O)c2c(c(C#N)c(N3CCCNCC3)n2CC=C(C)C)n(C)c1=O. The van der Waals surface area contributed by atoms with Crippen molar-refractivity contribution in [3.63, 3.8) is 0 Å². The molecule has 0 spiro atoms. The number of aromatic nitrogens is 4. The number of hydrogen-bond donors (Lipinski definition) is 2. The number of aryl methyl sites for hydroxylation is 1. The molecule has 4 rings (SSSR count). The molecule has 0 bridgehead atoms. The van der Waals surface area contributed by atoms with E-state index in [9.17, 15) is 19.6 Å². The van der Waals surface area contributed by atoms with Crippen molar-refractivity contribution in [2.75, 3.05) is 37.6 Å². The average molecular weight is 519 g/mol. The summed E-state index contributed by atoms with van der Waals surface area (Å²) < 4.78 is 4.32. The average Bonchev–Trinajstić information content (AvgIpc) is 3.02. The number of pyridine rings is 1. The molecule has 1 aliphatic rings. The number of fused-ring (bicyclic) bond motifs is 1. The van der Waals surface area contributed by atoms with Crippen LogP contribution in [-0.2, 0) is 20.1 Å². The lowest BCUT2D eigenvalue weighted by atomic mass is 10.1. The van der Waals surface area contributed by atoms with E-state index < -0.39 is 11.2 Å². The lowest BCUT2D eigenvalue weighted by Crippen LogP contribution is -2.40. The van der Waals surface area contributed by atoms with Crippen LogP contribution in [0.1, 0.15) is 48.8 Å². The smallest absolute Gasteiger partial charge is 0.331 e. The van der Waals surface area contributed by atoms with Crippen molar-refractivity contribution in [3.8, 4) is 6.07 Å². The third-order valence-corrected chi connectivity index (χ3v) is 6.72. The number of anilines is 1. The van der Waals surface area contributed by atoms with Gasteiger partial charge in [0, 0.05) is 46.0 Å². The van der Waals surface area contributed by atoms with Crippen molar-refractivity contribution in [1.82, 2.24) is 29.3 Å². The van der Waals surface area contributed by atoms with Crippen molar-refractivity contribution in [1.29, 1.82) is 5.26 Å². The quantitative estimate of drug-likeness (QED) is 0.452. The maximum Gasteiger partial charge on any atom is 0.331 e. The highest BCUT2D eigenvalue weighted by Gasteiger charge is 2.28. The number of amides is 1. The molecule has 3 aromatic rings. The molecular formula is C27H34N8O3. The van der Waals surface area contributed by atoms with Gasteiger partial charge in [-0.3, -0.25) is 23.7 Å². The summed E-state index contributed by atoms with van der Waals surface area (Å²) in [6.07, 6.45) is 4.42. The van der Waals surface area contributed by atoms with Crippen LogP contribution < -0.4 is 26.8 Å². The minimum absolute atomic E-state index is 0.173. The monoisotopic (exact) mass is 518 g/mol. The second-order valence-electron chi connectivity index (χ2n) is 9.58. The van der Waals surface area contributed by atoms with Crippen LogP contribution >= 0.6 is 0 Å². The molecule has 1 amide bonds. The third kappa shape index (κ3) is 4.99. The molecule has 38 heavy (non-hydrogen) atoms. The van der Waals surface area contributed by atoms with Crippen LogP contribution in [0.2, 0.25) is 0 Å². The Labute approximate surface area is 221 Å². The molecule has 0 aliphatic carbocycles. The van der Waals surface area contributed by atoms with Crippen molar-refractivity contribution in [2.45, 2.75) is 40.3 Å². The molecule has 4 heterocycles. The standard InChI is InChI=1S/C27H34N8O3/c1-5-30-24(36)19-8-6-11-31-21(19)17-35-26(37)23-22(32(4)27(35)38)20(16-28)25(34(23)14-9-18(2)3)33-13-7-10-29-12-15-33/h6,8-9,11,29H,5,7,10,12-15,17H2,1-4H3,(H,30,36). The number of carbonyl (C=O) groups excluding carboxylic acids is 1. The summed E-state index contributed by atoms with van der Waals surface area (Å²) in [5, 5.41) is 16.4. The fraction of sp³-hybridized carbons (Fsp3) is 0.444. The summed E-state index contributed by atoms with van der Waals surface area (Å²) in [4.78, 5) is 46.7. The van der Waals surface area contributed by atoms with Gasteiger partial charge in [-0.15, -0.1) is 0 Å². The van der Waals surface area contributed by atoms with E-state index in [-0.39, 0.29) is 18.0 Å². The summed E-state index contributed by atoms with van der Waals surface area (Å²) in [5.41, 5.74) is 1.51. The predicted molar refractivity (Wildman–Crippen MR) is 147 cm³/mol. The third-order valence-electron chi connectivity index (χ3n) is 6.72. The molecule has 200 valence electrons. The van der Waals surface area contributed by atoms with Gasteiger partial charge < -0.3 is 20.1 Å². The fourth-order valence-corrected chi connectivity index (χ4v) is 4.88. The highest BCUT2D eigenvalue weighted by molar-refractivity contribution is 5.95. The van der Waals surface area contributed by atoms with Crippen molar-refractivity contribution >= 4 is 22.8 Å². The van der Waals surface area contributed by atoms with Crippen LogP contribution in [0.5, 0.6) is 0 Å². The number of carbonyl (C=O) groups is 1. The molecule has 0 saturated carbocycles. The molecule has 1 fully saturated rings. The Kier molecular flexibility index (Phi) is 8.12. The Hall–Kier alpha value is -4.17. The normalized spacial score (nSPS) is 13.7. The van der Waals surface area contributed by atoms with E-state index in [2.05, 4.69) is 26.6 Å². The number of allylic oxidation sites excluding steroid dienone is 2. The minimum atomic E-state index is -0.574. The maximum atomic E-state index is 14.0. The fourth-order valence-electron chi connectivity index (χ4n) is 4.88. The Morgan fingerprint density at radius 2 is 2.00 bits per heavy atom. The summed E-state index contributed by atoms with van der Waals surface area (Å²) in [6.45, 7) is 9.42. The maximum absolute atomic E-state index is 14.0. The summed E-state index contributed by atoms with van der Waals surface area (Å²) in [5.74, 6) is 0.326. The number of nitriles is 1. The highest BCUT2D eigenvalue weighted by atomic mass is 16.2. The molecule has 2 N–H and O–H groups in total. The van der Waals surface area contributed by atoms with Crippen LogP contribution in [0.4, 0.5) is 5.82 Å². The minimum Gasteiger partial charge on any atom is -0.356 e. The van der Waals surface area contributed by atoms with Crippen molar-refractivity contribution in [2.24, 2.45) is 7.05 Å². The van der Waals surface area contributed by atoms with Gasteiger partial charge in [0.15, 0.2) is 0 Å². The number of rotatable bonds is 7.